The molecule has 0 radical (unpaired) electrons. The Labute approximate surface area is 147 Å². The minimum atomic E-state index is -0.592. The van der Waals surface area contributed by atoms with Gasteiger partial charge < -0.3 is 5.73 Å². The van der Waals surface area contributed by atoms with Crippen molar-refractivity contribution in [2.45, 2.75) is 76.7 Å². The van der Waals surface area contributed by atoms with Crippen LogP contribution in [0.2, 0.25) is 0 Å². The Hall–Kier alpha value is -1.59. The van der Waals surface area contributed by atoms with Gasteiger partial charge in [-0.2, -0.15) is 5.26 Å². The van der Waals surface area contributed by atoms with Crippen LogP contribution in [0.1, 0.15) is 70.8 Å². The number of benzene rings is 1. The first kappa shape index (κ1) is 18.7. The van der Waals surface area contributed by atoms with Crippen molar-refractivity contribution >= 4 is 0 Å². The number of nitrogens with zero attached hydrogens (tertiary/aromatic N) is 1. The molecule has 2 heteroatoms. The maximum Gasteiger partial charge on any atom is 0.0995 e. The van der Waals surface area contributed by atoms with Gasteiger partial charge in [0.05, 0.1) is 11.5 Å². The zero-order valence-electron chi connectivity index (χ0n) is 15.3. The lowest BCUT2D eigenvalue weighted by Crippen LogP contribution is -2.48. The normalized spacial score (nSPS) is 18.5. The SMILES string of the molecule is CC(C)C(C#N)(c1ccccc1)C(N)CCCCC1=CCCCC1. The maximum atomic E-state index is 9.99. The summed E-state index contributed by atoms with van der Waals surface area (Å²) >= 11 is 0. The van der Waals surface area contributed by atoms with Gasteiger partial charge in [-0.1, -0.05) is 62.2 Å². The van der Waals surface area contributed by atoms with Gasteiger partial charge in [-0.15, -0.1) is 0 Å². The summed E-state index contributed by atoms with van der Waals surface area (Å²) in [6, 6.07) is 12.6. The van der Waals surface area contributed by atoms with Crippen LogP contribution < -0.4 is 5.73 Å². The molecule has 2 nitrogen and oxygen atoms in total. The molecule has 24 heavy (non-hydrogen) atoms. The van der Waals surface area contributed by atoms with Crippen LogP contribution in [0.5, 0.6) is 0 Å². The smallest absolute Gasteiger partial charge is 0.0995 e. The number of hydrogen-bond acceptors (Lipinski definition) is 2. The number of hydrogen-bond donors (Lipinski definition) is 1. The molecular formula is C22H32N2. The molecule has 1 aliphatic rings. The Morgan fingerprint density at radius 3 is 2.50 bits per heavy atom. The van der Waals surface area contributed by atoms with Crippen molar-refractivity contribution in [1.29, 1.82) is 5.26 Å². The van der Waals surface area contributed by atoms with Crippen molar-refractivity contribution in [2.24, 2.45) is 11.7 Å². The third-order valence-electron chi connectivity index (χ3n) is 5.58. The van der Waals surface area contributed by atoms with Gasteiger partial charge in [0.15, 0.2) is 0 Å². The number of unbranched alkanes of at least 4 members (excludes halogenated alkanes) is 1. The fourth-order valence-corrected chi connectivity index (χ4v) is 4.04. The van der Waals surface area contributed by atoms with Crippen LogP contribution >= 0.6 is 0 Å². The van der Waals surface area contributed by atoms with E-state index >= 15 is 0 Å². The molecule has 0 amide bonds. The highest BCUT2D eigenvalue weighted by atomic mass is 14.7. The van der Waals surface area contributed by atoms with E-state index in [1.807, 2.05) is 18.2 Å². The maximum absolute atomic E-state index is 9.99. The Bertz CT molecular complexity index is 567. The summed E-state index contributed by atoms with van der Waals surface area (Å²) in [6.07, 6.45) is 12.1. The second kappa shape index (κ2) is 9.04. The minimum Gasteiger partial charge on any atom is -0.326 e. The molecule has 0 aromatic heterocycles. The van der Waals surface area contributed by atoms with E-state index in [9.17, 15) is 5.26 Å². The third kappa shape index (κ3) is 4.28. The van der Waals surface area contributed by atoms with Crippen molar-refractivity contribution in [3.63, 3.8) is 0 Å². The van der Waals surface area contributed by atoms with Gasteiger partial charge in [0.1, 0.15) is 0 Å². The summed E-state index contributed by atoms with van der Waals surface area (Å²) in [5, 5.41) is 9.99. The standard InChI is InChI=1S/C22H32N2/c1-18(2)22(17-23,20-14-7-4-8-15-20)21(24)16-10-9-13-19-11-5-3-6-12-19/h4,7-8,11,14-15,18,21H,3,5-6,9-10,12-13,16,24H2,1-2H3. The topological polar surface area (TPSA) is 49.8 Å². The van der Waals surface area contributed by atoms with Crippen molar-refractivity contribution in [1.82, 2.24) is 0 Å². The molecule has 0 aliphatic heterocycles. The van der Waals surface area contributed by atoms with E-state index in [2.05, 4.69) is 38.1 Å². The first-order chi connectivity index (χ1) is 11.6. The molecule has 0 spiro atoms. The highest BCUT2D eigenvalue weighted by molar-refractivity contribution is 5.36. The van der Waals surface area contributed by atoms with Crippen molar-refractivity contribution in [3.05, 3.63) is 47.5 Å². The molecular weight excluding hydrogens is 292 g/mol. The summed E-state index contributed by atoms with van der Waals surface area (Å²) in [7, 11) is 0. The predicted molar refractivity (Wildman–Crippen MR) is 102 cm³/mol. The summed E-state index contributed by atoms with van der Waals surface area (Å²) in [5.74, 6) is 0.195. The van der Waals surface area contributed by atoms with Gasteiger partial charge in [0.2, 0.25) is 0 Å². The lowest BCUT2D eigenvalue weighted by Gasteiger charge is -2.37. The molecule has 0 heterocycles. The van der Waals surface area contributed by atoms with Crippen molar-refractivity contribution in [3.8, 4) is 6.07 Å². The lowest BCUT2D eigenvalue weighted by molar-refractivity contribution is 0.307. The summed E-state index contributed by atoms with van der Waals surface area (Å²) in [5.41, 5.74) is 8.68. The number of rotatable bonds is 8. The quantitative estimate of drug-likeness (QED) is 0.507. The Balaban J connectivity index is 1.97. The fraction of sp³-hybridized carbons (Fsp3) is 0.591. The van der Waals surface area contributed by atoms with Gasteiger partial charge >= 0.3 is 0 Å². The largest absolute Gasteiger partial charge is 0.326 e. The fourth-order valence-electron chi connectivity index (χ4n) is 4.04. The molecule has 2 N–H and O–H groups in total. The first-order valence-corrected chi connectivity index (χ1v) is 9.51. The monoisotopic (exact) mass is 324 g/mol. The van der Waals surface area contributed by atoms with E-state index in [0.717, 1.165) is 18.4 Å². The highest BCUT2D eigenvalue weighted by Gasteiger charge is 2.41. The summed E-state index contributed by atoms with van der Waals surface area (Å²) in [6.45, 7) is 4.23. The average Bonchev–Trinajstić information content (AvgIpc) is 2.61. The van der Waals surface area contributed by atoms with E-state index in [1.54, 1.807) is 5.57 Å². The molecule has 2 atom stereocenters. The van der Waals surface area contributed by atoms with Gasteiger partial charge in [-0.25, -0.2) is 0 Å². The Kier molecular flexibility index (Phi) is 7.06. The molecule has 1 aromatic rings. The van der Waals surface area contributed by atoms with Gasteiger partial charge in [0, 0.05) is 6.04 Å². The Morgan fingerprint density at radius 2 is 1.92 bits per heavy atom. The highest BCUT2D eigenvalue weighted by Crippen LogP contribution is 2.36. The van der Waals surface area contributed by atoms with Crippen LogP contribution in [-0.2, 0) is 5.41 Å². The number of nitrogens with two attached hydrogens (primary N) is 1. The van der Waals surface area contributed by atoms with Crippen LogP contribution in [0.4, 0.5) is 0 Å². The lowest BCUT2D eigenvalue weighted by atomic mass is 9.66. The van der Waals surface area contributed by atoms with Gasteiger partial charge in [-0.05, 0) is 56.4 Å². The minimum absolute atomic E-state index is 0.120. The second-order valence-electron chi connectivity index (χ2n) is 7.46. The number of allylic oxidation sites excluding steroid dienone is 2. The molecule has 0 bridgehead atoms. The van der Waals surface area contributed by atoms with Crippen molar-refractivity contribution < 1.29 is 0 Å². The van der Waals surface area contributed by atoms with Crippen LogP contribution in [0, 0.1) is 17.2 Å². The Morgan fingerprint density at radius 1 is 1.17 bits per heavy atom. The molecule has 1 aliphatic carbocycles. The van der Waals surface area contributed by atoms with Crippen LogP contribution in [0.3, 0.4) is 0 Å². The van der Waals surface area contributed by atoms with Gasteiger partial charge in [-0.3, -0.25) is 0 Å². The van der Waals surface area contributed by atoms with Crippen LogP contribution in [0.15, 0.2) is 42.0 Å². The third-order valence-corrected chi connectivity index (χ3v) is 5.58. The molecule has 130 valence electrons. The first-order valence-electron chi connectivity index (χ1n) is 9.51. The molecule has 0 saturated heterocycles. The number of nitriles is 1. The zero-order valence-corrected chi connectivity index (χ0v) is 15.3. The second-order valence-corrected chi connectivity index (χ2v) is 7.46. The van der Waals surface area contributed by atoms with Crippen LogP contribution in [-0.4, -0.2) is 6.04 Å². The van der Waals surface area contributed by atoms with E-state index in [-0.39, 0.29) is 12.0 Å². The van der Waals surface area contributed by atoms with Crippen molar-refractivity contribution in [2.75, 3.05) is 0 Å². The van der Waals surface area contributed by atoms with E-state index in [0.29, 0.717) is 0 Å². The molecule has 2 rings (SSSR count). The van der Waals surface area contributed by atoms with E-state index < -0.39 is 5.41 Å². The molecule has 1 aromatic carbocycles. The van der Waals surface area contributed by atoms with Crippen LogP contribution in [0.25, 0.3) is 0 Å². The molecule has 0 saturated carbocycles. The summed E-state index contributed by atoms with van der Waals surface area (Å²) in [4.78, 5) is 0. The summed E-state index contributed by atoms with van der Waals surface area (Å²) < 4.78 is 0. The average molecular weight is 325 g/mol. The zero-order chi connectivity index (χ0) is 17.4. The molecule has 2 unspecified atom stereocenters. The van der Waals surface area contributed by atoms with Gasteiger partial charge in [0.25, 0.3) is 0 Å². The van der Waals surface area contributed by atoms with E-state index in [1.165, 1.54) is 38.5 Å². The predicted octanol–water partition coefficient (Wildman–Crippen LogP) is 5.49. The molecule has 0 fully saturated rings. The van der Waals surface area contributed by atoms with E-state index in [4.69, 9.17) is 5.73 Å².